The van der Waals surface area contributed by atoms with Crippen LogP contribution in [0, 0.1) is 0 Å². The van der Waals surface area contributed by atoms with Crippen molar-refractivity contribution in [2.75, 3.05) is 0 Å². The van der Waals surface area contributed by atoms with Crippen molar-refractivity contribution >= 4 is 44.8 Å². The van der Waals surface area contributed by atoms with E-state index in [4.69, 9.17) is 34.8 Å². The first-order valence-corrected chi connectivity index (χ1v) is 8.18. The number of hydrogen-bond acceptors (Lipinski definition) is 2. The van der Waals surface area contributed by atoms with Gasteiger partial charge in [-0.15, -0.1) is 11.6 Å². The maximum Gasteiger partial charge on any atom is 0.240 e. The van der Waals surface area contributed by atoms with E-state index in [2.05, 4.69) is 4.72 Å². The maximum atomic E-state index is 12.2. The molecule has 0 spiro atoms. The summed E-state index contributed by atoms with van der Waals surface area (Å²) < 4.78 is 26.9. The molecule has 3 nitrogen and oxygen atoms in total. The van der Waals surface area contributed by atoms with Gasteiger partial charge >= 0.3 is 0 Å². The van der Waals surface area contributed by atoms with Crippen LogP contribution in [0.5, 0.6) is 0 Å². The lowest BCUT2D eigenvalue weighted by molar-refractivity contribution is 0.554. The summed E-state index contributed by atoms with van der Waals surface area (Å²) in [7, 11) is -3.62. The first kappa shape index (κ1) is 14.4. The monoisotopic (exact) mass is 327 g/mol. The lowest BCUT2D eigenvalue weighted by Gasteiger charge is -2.16. The van der Waals surface area contributed by atoms with Crippen molar-refractivity contribution in [3.8, 4) is 0 Å². The van der Waals surface area contributed by atoms with Gasteiger partial charge in [0.1, 0.15) is 0 Å². The van der Waals surface area contributed by atoms with Crippen molar-refractivity contribution in [1.82, 2.24) is 4.72 Å². The maximum absolute atomic E-state index is 12.2. The van der Waals surface area contributed by atoms with Crippen LogP contribution >= 0.6 is 34.8 Å². The van der Waals surface area contributed by atoms with Gasteiger partial charge in [-0.2, -0.15) is 0 Å². The molecule has 0 heterocycles. The third kappa shape index (κ3) is 3.31. The molecule has 2 rings (SSSR count). The zero-order valence-electron chi connectivity index (χ0n) is 9.37. The van der Waals surface area contributed by atoms with E-state index in [0.717, 1.165) is 19.3 Å². The summed E-state index contributed by atoms with van der Waals surface area (Å²) in [6.45, 7) is 0. The number of hydrogen-bond donors (Lipinski definition) is 1. The summed E-state index contributed by atoms with van der Waals surface area (Å²) in [5, 5.41) is 0.419. The quantitative estimate of drug-likeness (QED) is 0.864. The Bertz CT molecular complexity index is 527. The summed E-state index contributed by atoms with van der Waals surface area (Å²) in [5.41, 5.74) is 0. The summed E-state index contributed by atoms with van der Waals surface area (Å²) in [6, 6.07) is 4.00. The highest BCUT2D eigenvalue weighted by atomic mass is 35.5. The SMILES string of the molecule is O=S(=O)(NC1CCCC1Cl)c1cc(Cl)cc(Cl)c1. The number of alkyl halides is 1. The van der Waals surface area contributed by atoms with E-state index < -0.39 is 10.0 Å². The van der Waals surface area contributed by atoms with Crippen LogP contribution in [0.3, 0.4) is 0 Å². The Balaban J connectivity index is 2.25. The molecule has 0 bridgehead atoms. The van der Waals surface area contributed by atoms with Crippen LogP contribution < -0.4 is 4.72 Å². The molecule has 100 valence electrons. The van der Waals surface area contributed by atoms with Crippen LogP contribution in [0.4, 0.5) is 0 Å². The van der Waals surface area contributed by atoms with Crippen LogP contribution in [0.25, 0.3) is 0 Å². The van der Waals surface area contributed by atoms with Crippen LogP contribution in [0.1, 0.15) is 19.3 Å². The van der Waals surface area contributed by atoms with Crippen LogP contribution in [-0.2, 0) is 10.0 Å². The lowest BCUT2D eigenvalue weighted by atomic mass is 10.3. The molecule has 0 aromatic heterocycles. The molecule has 0 aliphatic heterocycles. The predicted molar refractivity (Wildman–Crippen MR) is 74.1 cm³/mol. The Morgan fingerprint density at radius 1 is 1.11 bits per heavy atom. The van der Waals surface area contributed by atoms with Gasteiger partial charge in [0.15, 0.2) is 0 Å². The highest BCUT2D eigenvalue weighted by Gasteiger charge is 2.30. The molecule has 1 fully saturated rings. The summed E-state index contributed by atoms with van der Waals surface area (Å²) >= 11 is 17.7. The average molecular weight is 329 g/mol. The molecular formula is C11H12Cl3NO2S. The third-order valence-electron chi connectivity index (χ3n) is 2.88. The minimum Gasteiger partial charge on any atom is -0.207 e. The molecule has 0 radical (unpaired) electrons. The van der Waals surface area contributed by atoms with Gasteiger partial charge in [-0.3, -0.25) is 0 Å². The predicted octanol–water partition coefficient (Wildman–Crippen LogP) is 3.43. The van der Waals surface area contributed by atoms with Gasteiger partial charge in [0.05, 0.1) is 4.90 Å². The molecule has 2 atom stereocenters. The summed E-state index contributed by atoms with van der Waals surface area (Å²) in [6.07, 6.45) is 2.50. The van der Waals surface area contributed by atoms with Crippen molar-refractivity contribution in [3.05, 3.63) is 28.2 Å². The van der Waals surface area contributed by atoms with E-state index in [0.29, 0.717) is 0 Å². The molecule has 0 saturated heterocycles. The van der Waals surface area contributed by atoms with Crippen molar-refractivity contribution in [3.63, 3.8) is 0 Å². The fourth-order valence-corrected chi connectivity index (χ4v) is 4.45. The Labute approximate surface area is 121 Å². The number of nitrogens with one attached hydrogen (secondary N) is 1. The molecule has 1 aromatic carbocycles. The summed E-state index contributed by atoms with van der Waals surface area (Å²) in [4.78, 5) is 0.0655. The number of halogens is 3. The third-order valence-corrected chi connectivity index (χ3v) is 5.31. The standard InChI is InChI=1S/C11H12Cl3NO2S/c12-7-4-8(13)6-9(5-7)18(16,17)15-11-3-1-2-10(11)14/h4-6,10-11,15H,1-3H2. The highest BCUT2D eigenvalue weighted by Crippen LogP contribution is 2.27. The zero-order chi connectivity index (χ0) is 13.3. The number of benzene rings is 1. The minimum absolute atomic E-state index is 0.0655. The van der Waals surface area contributed by atoms with Crippen molar-refractivity contribution in [1.29, 1.82) is 0 Å². The smallest absolute Gasteiger partial charge is 0.207 e. The van der Waals surface area contributed by atoms with Crippen molar-refractivity contribution in [2.24, 2.45) is 0 Å². The highest BCUT2D eigenvalue weighted by molar-refractivity contribution is 7.89. The Hall–Kier alpha value is -0.000000000000000139. The van der Waals surface area contributed by atoms with Gasteiger partial charge in [0.2, 0.25) is 10.0 Å². The van der Waals surface area contributed by atoms with E-state index >= 15 is 0 Å². The van der Waals surface area contributed by atoms with Gasteiger partial charge in [0.25, 0.3) is 0 Å². The largest absolute Gasteiger partial charge is 0.240 e. The Morgan fingerprint density at radius 2 is 1.72 bits per heavy atom. The van der Waals surface area contributed by atoms with Crippen LogP contribution in [0.2, 0.25) is 10.0 Å². The van der Waals surface area contributed by atoms with E-state index in [1.54, 1.807) is 0 Å². The normalized spacial score (nSPS) is 24.4. The van der Waals surface area contributed by atoms with E-state index in [-0.39, 0.29) is 26.4 Å². The molecular weight excluding hydrogens is 317 g/mol. The molecule has 1 aliphatic carbocycles. The van der Waals surface area contributed by atoms with Crippen molar-refractivity contribution in [2.45, 2.75) is 35.6 Å². The molecule has 1 aromatic rings. The Kier molecular flexibility index (Phi) is 4.44. The topological polar surface area (TPSA) is 46.2 Å². The molecule has 1 aliphatic rings. The molecule has 18 heavy (non-hydrogen) atoms. The first-order chi connectivity index (χ1) is 8.38. The first-order valence-electron chi connectivity index (χ1n) is 5.51. The minimum atomic E-state index is -3.62. The Morgan fingerprint density at radius 3 is 2.22 bits per heavy atom. The number of sulfonamides is 1. The van der Waals surface area contributed by atoms with Crippen LogP contribution in [-0.4, -0.2) is 19.8 Å². The number of rotatable bonds is 3. The van der Waals surface area contributed by atoms with Crippen LogP contribution in [0.15, 0.2) is 23.1 Å². The second-order valence-corrected chi connectivity index (χ2v) is 7.43. The zero-order valence-corrected chi connectivity index (χ0v) is 12.5. The molecule has 1 saturated carbocycles. The second-order valence-electron chi connectivity index (χ2n) is 4.28. The van der Waals surface area contributed by atoms with E-state index in [1.165, 1.54) is 18.2 Å². The molecule has 7 heteroatoms. The van der Waals surface area contributed by atoms with E-state index in [1.807, 2.05) is 0 Å². The van der Waals surface area contributed by atoms with Gasteiger partial charge in [-0.1, -0.05) is 29.6 Å². The van der Waals surface area contributed by atoms with Gasteiger partial charge in [0, 0.05) is 21.5 Å². The van der Waals surface area contributed by atoms with Gasteiger partial charge in [-0.05, 0) is 31.0 Å². The molecule has 2 unspecified atom stereocenters. The van der Waals surface area contributed by atoms with Gasteiger partial charge in [-0.25, -0.2) is 13.1 Å². The second kappa shape index (κ2) is 5.55. The summed E-state index contributed by atoms with van der Waals surface area (Å²) in [5.74, 6) is 0. The molecule has 0 amide bonds. The van der Waals surface area contributed by atoms with Gasteiger partial charge < -0.3 is 0 Å². The molecule has 1 N–H and O–H groups in total. The average Bonchev–Trinajstić information content (AvgIpc) is 2.62. The lowest BCUT2D eigenvalue weighted by Crippen LogP contribution is -2.37. The van der Waals surface area contributed by atoms with Crippen molar-refractivity contribution < 1.29 is 8.42 Å². The van der Waals surface area contributed by atoms with E-state index in [9.17, 15) is 8.42 Å². The fourth-order valence-electron chi connectivity index (χ4n) is 2.00. The fraction of sp³-hybridized carbons (Fsp3) is 0.455.